The van der Waals surface area contributed by atoms with E-state index in [1.165, 1.54) is 0 Å². The molecule has 0 heterocycles. The number of Topliss-reactive ketones (excluding diaryl/α,β-unsaturated/α-hetero) is 1. The van der Waals surface area contributed by atoms with Crippen LogP contribution in [-0.2, 0) is 4.79 Å². The quantitative estimate of drug-likeness (QED) is 0.783. The first-order valence-electron chi connectivity index (χ1n) is 4.58. The molecule has 0 amide bonds. The van der Waals surface area contributed by atoms with Crippen LogP contribution in [0.3, 0.4) is 0 Å². The first-order valence-corrected chi connectivity index (χ1v) is 4.58. The van der Waals surface area contributed by atoms with E-state index in [1.807, 2.05) is 30.3 Å². The van der Waals surface area contributed by atoms with Crippen molar-refractivity contribution >= 4 is 11.4 Å². The number of hydrogen-bond donors (Lipinski definition) is 1. The van der Waals surface area contributed by atoms with E-state index in [4.69, 9.17) is 0 Å². The maximum absolute atomic E-state index is 11.3. The van der Waals surface area contributed by atoms with Crippen molar-refractivity contribution in [3.63, 3.8) is 0 Å². The Labute approximate surface area is 84.6 Å². The summed E-state index contributed by atoms with van der Waals surface area (Å²) in [5, 5.41) is 2.95. The van der Waals surface area contributed by atoms with Crippen LogP contribution in [0, 0.1) is 0 Å². The summed E-state index contributed by atoms with van der Waals surface area (Å²) in [6.07, 6.45) is 0. The Hall–Kier alpha value is -1.41. The minimum absolute atomic E-state index is 0.0846. The molecule has 0 aromatic heterocycles. The molecule has 1 aromatic carbocycles. The Kier molecular flexibility index (Phi) is 3.60. The van der Waals surface area contributed by atoms with Gasteiger partial charge in [-0.25, -0.2) is 0 Å². The van der Waals surface area contributed by atoms with Crippen molar-refractivity contribution in [2.75, 3.05) is 7.05 Å². The molecule has 0 aliphatic heterocycles. The summed E-state index contributed by atoms with van der Waals surface area (Å²) in [5.74, 6) is 0.0846. The van der Waals surface area contributed by atoms with Crippen molar-refractivity contribution in [1.82, 2.24) is 5.32 Å². The fraction of sp³-hybridized carbons (Fsp3) is 0.250. The van der Waals surface area contributed by atoms with E-state index >= 15 is 0 Å². The zero-order chi connectivity index (χ0) is 10.6. The molecule has 1 aromatic rings. The van der Waals surface area contributed by atoms with Gasteiger partial charge in [0.1, 0.15) is 0 Å². The third-order valence-corrected chi connectivity index (χ3v) is 2.19. The van der Waals surface area contributed by atoms with E-state index in [9.17, 15) is 4.79 Å². The smallest absolute Gasteiger partial charge is 0.151 e. The summed E-state index contributed by atoms with van der Waals surface area (Å²) >= 11 is 0. The minimum atomic E-state index is -0.280. The maximum Gasteiger partial charge on any atom is 0.151 e. The van der Waals surface area contributed by atoms with Crippen LogP contribution in [0.15, 0.2) is 36.9 Å². The lowest BCUT2D eigenvalue weighted by atomic mass is 9.98. The number of nitrogens with one attached hydrogen (secondary N) is 1. The Morgan fingerprint density at radius 3 is 2.36 bits per heavy atom. The van der Waals surface area contributed by atoms with Crippen molar-refractivity contribution in [3.8, 4) is 0 Å². The monoisotopic (exact) mass is 189 g/mol. The molecular weight excluding hydrogens is 174 g/mol. The molecule has 1 N–H and O–H groups in total. The lowest BCUT2D eigenvalue weighted by Gasteiger charge is -2.15. The lowest BCUT2D eigenvalue weighted by molar-refractivity contribution is -0.117. The molecule has 0 spiro atoms. The second-order valence-electron chi connectivity index (χ2n) is 3.22. The fourth-order valence-electron chi connectivity index (χ4n) is 1.44. The van der Waals surface area contributed by atoms with Gasteiger partial charge in [0.25, 0.3) is 0 Å². The molecule has 0 aliphatic carbocycles. The highest BCUT2D eigenvalue weighted by molar-refractivity contribution is 5.94. The lowest BCUT2D eigenvalue weighted by Crippen LogP contribution is -2.33. The third kappa shape index (κ3) is 2.30. The first-order chi connectivity index (χ1) is 6.66. The maximum atomic E-state index is 11.3. The summed E-state index contributed by atoms with van der Waals surface area (Å²) in [6, 6.07) is 9.45. The zero-order valence-corrected chi connectivity index (χ0v) is 8.58. The normalized spacial score (nSPS) is 12.1. The summed E-state index contributed by atoms with van der Waals surface area (Å²) < 4.78 is 0. The summed E-state index contributed by atoms with van der Waals surface area (Å²) in [7, 11) is 1.76. The molecule has 1 atom stereocenters. The van der Waals surface area contributed by atoms with Crippen LogP contribution in [0.25, 0.3) is 5.57 Å². The van der Waals surface area contributed by atoms with Gasteiger partial charge in [-0.3, -0.25) is 4.79 Å². The van der Waals surface area contributed by atoms with E-state index in [2.05, 4.69) is 11.9 Å². The molecule has 14 heavy (non-hydrogen) atoms. The van der Waals surface area contributed by atoms with Crippen molar-refractivity contribution in [1.29, 1.82) is 0 Å². The zero-order valence-electron chi connectivity index (χ0n) is 8.58. The minimum Gasteiger partial charge on any atom is -0.307 e. The second-order valence-corrected chi connectivity index (χ2v) is 3.22. The fourth-order valence-corrected chi connectivity index (χ4v) is 1.44. The Morgan fingerprint density at radius 2 is 1.93 bits per heavy atom. The van der Waals surface area contributed by atoms with Gasteiger partial charge in [-0.2, -0.15) is 0 Å². The van der Waals surface area contributed by atoms with Crippen molar-refractivity contribution in [3.05, 3.63) is 42.5 Å². The van der Waals surface area contributed by atoms with Crippen LogP contribution in [-0.4, -0.2) is 18.9 Å². The van der Waals surface area contributed by atoms with Gasteiger partial charge in [0.05, 0.1) is 6.04 Å². The van der Waals surface area contributed by atoms with E-state index in [1.54, 1.807) is 14.0 Å². The van der Waals surface area contributed by atoms with E-state index in [0.717, 1.165) is 11.1 Å². The number of benzene rings is 1. The van der Waals surface area contributed by atoms with Crippen LogP contribution in [0.1, 0.15) is 12.5 Å². The molecule has 0 saturated heterocycles. The third-order valence-electron chi connectivity index (χ3n) is 2.19. The average molecular weight is 189 g/mol. The van der Waals surface area contributed by atoms with Gasteiger partial charge in [-0.1, -0.05) is 36.9 Å². The number of likely N-dealkylation sites (N-methyl/N-ethyl adjacent to an activating group) is 1. The van der Waals surface area contributed by atoms with Crippen LogP contribution in [0.5, 0.6) is 0 Å². The van der Waals surface area contributed by atoms with Crippen molar-refractivity contribution in [2.45, 2.75) is 13.0 Å². The highest BCUT2D eigenvalue weighted by atomic mass is 16.1. The highest BCUT2D eigenvalue weighted by Crippen LogP contribution is 2.16. The molecule has 0 unspecified atom stereocenters. The molecule has 1 rings (SSSR count). The van der Waals surface area contributed by atoms with E-state index in [0.29, 0.717) is 0 Å². The summed E-state index contributed by atoms with van der Waals surface area (Å²) in [6.45, 7) is 5.50. The predicted molar refractivity (Wildman–Crippen MR) is 59.0 cm³/mol. The Bertz CT molecular complexity index is 329. The van der Waals surface area contributed by atoms with Gasteiger partial charge in [0.15, 0.2) is 5.78 Å². The summed E-state index contributed by atoms with van der Waals surface area (Å²) in [4.78, 5) is 11.3. The van der Waals surface area contributed by atoms with Crippen LogP contribution in [0.2, 0.25) is 0 Å². The van der Waals surface area contributed by atoms with Gasteiger partial charge < -0.3 is 5.32 Å². The summed E-state index contributed by atoms with van der Waals surface area (Å²) in [5.41, 5.74) is 1.82. The predicted octanol–water partition coefficient (Wildman–Crippen LogP) is 1.88. The van der Waals surface area contributed by atoms with Gasteiger partial charge in [0, 0.05) is 0 Å². The molecular formula is C12H15NO. The molecule has 0 saturated carbocycles. The topological polar surface area (TPSA) is 29.1 Å². The van der Waals surface area contributed by atoms with Crippen molar-refractivity contribution in [2.24, 2.45) is 0 Å². The molecule has 0 bridgehead atoms. The van der Waals surface area contributed by atoms with E-state index < -0.39 is 0 Å². The van der Waals surface area contributed by atoms with E-state index in [-0.39, 0.29) is 11.8 Å². The van der Waals surface area contributed by atoms with Gasteiger partial charge in [-0.05, 0) is 25.1 Å². The molecule has 0 aliphatic rings. The molecule has 0 radical (unpaired) electrons. The second kappa shape index (κ2) is 4.72. The molecule has 0 fully saturated rings. The van der Waals surface area contributed by atoms with Crippen molar-refractivity contribution < 1.29 is 4.79 Å². The van der Waals surface area contributed by atoms with Gasteiger partial charge in [0.2, 0.25) is 0 Å². The largest absolute Gasteiger partial charge is 0.307 e. The number of hydrogen-bond acceptors (Lipinski definition) is 2. The number of rotatable bonds is 4. The Morgan fingerprint density at radius 1 is 1.36 bits per heavy atom. The highest BCUT2D eigenvalue weighted by Gasteiger charge is 2.15. The average Bonchev–Trinajstić information content (AvgIpc) is 2.19. The number of ketones is 1. The Balaban J connectivity index is 2.89. The SMILES string of the molecule is C=C(c1ccccc1)[C@H](NC)C(C)=O. The van der Waals surface area contributed by atoms with Gasteiger partial charge in [-0.15, -0.1) is 0 Å². The number of carbonyl (C=O) groups is 1. The standard InChI is InChI=1S/C12H15NO/c1-9(12(13-3)10(2)14)11-7-5-4-6-8-11/h4-8,12-13H,1H2,2-3H3/t12-/m0/s1. The first kappa shape index (κ1) is 10.7. The molecule has 74 valence electrons. The van der Waals surface area contributed by atoms with Crippen LogP contribution in [0.4, 0.5) is 0 Å². The van der Waals surface area contributed by atoms with Crippen LogP contribution >= 0.6 is 0 Å². The van der Waals surface area contributed by atoms with Gasteiger partial charge >= 0.3 is 0 Å². The van der Waals surface area contributed by atoms with Crippen LogP contribution < -0.4 is 5.32 Å². The number of carbonyl (C=O) groups excluding carboxylic acids is 1. The molecule has 2 heteroatoms. The molecule has 2 nitrogen and oxygen atoms in total.